The zero-order valence-corrected chi connectivity index (χ0v) is 47.4. The van der Waals surface area contributed by atoms with Crippen molar-refractivity contribution in [1.29, 1.82) is 0 Å². The lowest BCUT2D eigenvalue weighted by Crippen LogP contribution is -2.38. The molecule has 0 N–H and O–H groups in total. The van der Waals surface area contributed by atoms with Gasteiger partial charge in [-0.15, -0.1) is 0 Å². The van der Waals surface area contributed by atoms with Crippen LogP contribution in [0.15, 0.2) is 68.1 Å². The summed E-state index contributed by atoms with van der Waals surface area (Å²) in [5, 5.41) is 0. The minimum atomic E-state index is -4.02. The second-order valence-electron chi connectivity index (χ2n) is 20.8. The van der Waals surface area contributed by atoms with E-state index >= 15 is 0 Å². The van der Waals surface area contributed by atoms with Gasteiger partial charge in [-0.1, -0.05) is 84.6 Å². The average molecular weight is 1040 g/mol. The van der Waals surface area contributed by atoms with Crippen LogP contribution in [0, 0.1) is 107 Å². The van der Waals surface area contributed by atoms with Crippen molar-refractivity contribution in [2.75, 3.05) is 52.4 Å². The Morgan fingerprint density at radius 2 is 0.529 bits per heavy atom. The van der Waals surface area contributed by atoms with E-state index in [0.717, 1.165) is 22.3 Å². The predicted molar refractivity (Wildman–Crippen MR) is 281 cm³/mol. The van der Waals surface area contributed by atoms with E-state index in [9.17, 15) is 33.7 Å². The smallest absolute Gasteiger partial charge is 0.207 e. The quantitative estimate of drug-likeness (QED) is 0.0667. The van der Waals surface area contributed by atoms with Gasteiger partial charge in [-0.3, -0.25) is 0 Å². The van der Waals surface area contributed by atoms with Gasteiger partial charge < -0.3 is 0 Å². The first-order valence-corrected chi connectivity index (χ1v) is 30.6. The molecule has 2 aliphatic carbocycles. The fraction of sp³-hybridized carbons (Fsp3) is 0.556. The van der Waals surface area contributed by atoms with Crippen molar-refractivity contribution in [1.82, 2.24) is 17.2 Å². The number of benzene rings is 4. The number of aryl methyl sites for hydroxylation is 12. The molecule has 0 spiro atoms. The summed E-state index contributed by atoms with van der Waals surface area (Å²) >= 11 is 0. The zero-order valence-electron chi connectivity index (χ0n) is 44.1. The lowest BCUT2D eigenvalue weighted by atomic mass is 10.1. The third-order valence-corrected chi connectivity index (χ3v) is 23.3. The van der Waals surface area contributed by atoms with Crippen molar-refractivity contribution in [3.63, 3.8) is 0 Å². The van der Waals surface area contributed by atoms with Crippen LogP contribution in [-0.2, 0) is 40.1 Å². The topological polar surface area (TPSA) is 150 Å². The Labute approximate surface area is 422 Å². The summed E-state index contributed by atoms with van der Waals surface area (Å²) in [6, 6.07) is 15.0. The van der Waals surface area contributed by atoms with Crippen molar-refractivity contribution in [3.05, 3.63) is 115 Å². The van der Waals surface area contributed by atoms with Crippen LogP contribution in [-0.4, -0.2) is 103 Å². The molecule has 16 heteroatoms. The second kappa shape index (κ2) is 21.5. The van der Waals surface area contributed by atoms with Gasteiger partial charge in [-0.25, -0.2) is 33.7 Å². The van der Waals surface area contributed by atoms with E-state index in [4.69, 9.17) is 0 Å². The summed E-state index contributed by atoms with van der Waals surface area (Å²) in [4.78, 5) is 1.19. The van der Waals surface area contributed by atoms with Gasteiger partial charge in [0.1, 0.15) is 0 Å². The molecule has 0 radical (unpaired) electrons. The molecule has 2 fully saturated rings. The highest BCUT2D eigenvalue weighted by Crippen LogP contribution is 2.44. The van der Waals surface area contributed by atoms with E-state index in [2.05, 4.69) is 0 Å². The molecule has 4 aromatic carbocycles. The van der Waals surface area contributed by atoms with Crippen molar-refractivity contribution in [2.45, 2.75) is 142 Å². The maximum atomic E-state index is 14.8. The van der Waals surface area contributed by atoms with Crippen LogP contribution in [0.1, 0.15) is 106 Å². The molecule has 2 aliphatic rings. The van der Waals surface area contributed by atoms with E-state index in [-0.39, 0.29) is 85.8 Å². The maximum Gasteiger partial charge on any atom is 0.243 e. The first-order chi connectivity index (χ1) is 32.5. The number of rotatable bonds is 23. The molecule has 0 amide bonds. The summed E-state index contributed by atoms with van der Waals surface area (Å²) in [6.45, 7) is 27.9. The van der Waals surface area contributed by atoms with Crippen LogP contribution in [0.5, 0.6) is 0 Å². The molecule has 2 saturated carbocycles. The SMILES string of the molecule is CCN(C[C@H]1C[C@@H]1CN(CCCCN(C[C@@H]1C[C@H]1CN(CC)S(=O)(=O)c1c(C)cc(C)cc1C)S(=O)(=O)c1c(C)cc(C)cc1C)S(=O)(=O)c1c(C)cc(C)cc1C)S(=O)(=O)c1c(C)cc(C)cc1C. The van der Waals surface area contributed by atoms with Gasteiger partial charge in [0.15, 0.2) is 0 Å². The van der Waals surface area contributed by atoms with Crippen molar-refractivity contribution in [3.8, 4) is 0 Å². The minimum absolute atomic E-state index is 0.0321. The number of hydrogen-bond acceptors (Lipinski definition) is 8. The van der Waals surface area contributed by atoms with Crippen LogP contribution in [0.2, 0.25) is 0 Å². The zero-order chi connectivity index (χ0) is 52.0. The molecule has 0 unspecified atom stereocenters. The predicted octanol–water partition coefficient (Wildman–Crippen LogP) is 9.54. The van der Waals surface area contributed by atoms with Gasteiger partial charge in [0.2, 0.25) is 40.1 Å². The van der Waals surface area contributed by atoms with Gasteiger partial charge in [0.25, 0.3) is 0 Å². The van der Waals surface area contributed by atoms with E-state index in [0.29, 0.717) is 80.0 Å². The minimum Gasteiger partial charge on any atom is -0.207 e. The Hall–Kier alpha value is -3.48. The third-order valence-electron chi connectivity index (χ3n) is 14.5. The summed E-state index contributed by atoms with van der Waals surface area (Å²) in [6.07, 6.45) is 2.12. The van der Waals surface area contributed by atoms with Gasteiger partial charge in [0, 0.05) is 52.4 Å². The van der Waals surface area contributed by atoms with E-state index < -0.39 is 40.1 Å². The maximum absolute atomic E-state index is 14.8. The largest absolute Gasteiger partial charge is 0.243 e. The molecule has 0 heterocycles. The Bertz CT molecular complexity index is 2780. The highest BCUT2D eigenvalue weighted by molar-refractivity contribution is 7.90. The molecule has 4 aromatic rings. The molecular formula is C54H78N4O8S4. The fourth-order valence-electron chi connectivity index (χ4n) is 11.4. The Kier molecular flexibility index (Phi) is 17.2. The van der Waals surface area contributed by atoms with Crippen LogP contribution in [0.4, 0.5) is 0 Å². The standard InChI is InChI=1S/C54H78N4O8S4/c1-15-55(67(59,60)51-39(7)21-35(3)22-40(51)8)31-47-29-49(47)33-57(69(63,64)53-43(11)25-37(5)26-44(53)12)19-17-18-20-58(70(65,66)54-45(13)27-38(6)28-46(54)14)34-50-30-48(50)32-56(16-2)68(61,62)52-41(9)23-36(4)24-42(52)10/h21-28,47-50H,15-20,29-34H2,1-14H3/t47-,48+,49-,50+. The summed E-state index contributed by atoms with van der Waals surface area (Å²) in [5.41, 5.74) is 9.34. The van der Waals surface area contributed by atoms with Crippen LogP contribution < -0.4 is 0 Å². The molecule has 0 bridgehead atoms. The molecule has 6 rings (SSSR count). The molecule has 0 aliphatic heterocycles. The van der Waals surface area contributed by atoms with Crippen LogP contribution in [0.25, 0.3) is 0 Å². The molecule has 70 heavy (non-hydrogen) atoms. The van der Waals surface area contributed by atoms with E-state index in [1.54, 1.807) is 8.61 Å². The van der Waals surface area contributed by atoms with Crippen molar-refractivity contribution in [2.24, 2.45) is 23.7 Å². The number of nitrogens with zero attached hydrogens (tertiary/aromatic N) is 4. The highest BCUT2D eigenvalue weighted by atomic mass is 32.2. The summed E-state index contributed by atoms with van der Waals surface area (Å²) in [5.74, 6) is -0.190. The normalized spacial score (nSPS) is 18.7. The van der Waals surface area contributed by atoms with Gasteiger partial charge in [0.05, 0.1) is 19.6 Å². The van der Waals surface area contributed by atoms with Crippen LogP contribution >= 0.6 is 0 Å². The van der Waals surface area contributed by atoms with E-state index in [1.165, 1.54) is 8.61 Å². The van der Waals surface area contributed by atoms with Crippen molar-refractivity contribution < 1.29 is 33.7 Å². The fourth-order valence-corrected chi connectivity index (χ4v) is 19.1. The summed E-state index contributed by atoms with van der Waals surface area (Å²) < 4.78 is 122. The Morgan fingerprint density at radius 3 is 0.729 bits per heavy atom. The molecule has 0 saturated heterocycles. The lowest BCUT2D eigenvalue weighted by molar-refractivity contribution is 0.337. The Morgan fingerprint density at radius 1 is 0.343 bits per heavy atom. The first-order valence-electron chi connectivity index (χ1n) is 24.9. The first kappa shape index (κ1) is 55.8. The molecular weight excluding hydrogens is 961 g/mol. The molecule has 386 valence electrons. The monoisotopic (exact) mass is 1040 g/mol. The highest BCUT2D eigenvalue weighted by Gasteiger charge is 2.46. The molecule has 0 aromatic heterocycles. The lowest BCUT2D eigenvalue weighted by Gasteiger charge is -2.27. The van der Waals surface area contributed by atoms with Crippen LogP contribution in [0.3, 0.4) is 0 Å². The Balaban J connectivity index is 1.22. The second-order valence-corrected chi connectivity index (χ2v) is 28.3. The average Bonchev–Trinajstić information content (AvgIpc) is 4.14. The molecule has 4 atom stereocenters. The van der Waals surface area contributed by atoms with Crippen molar-refractivity contribution >= 4 is 40.1 Å². The number of unbranched alkanes of at least 4 members (excludes halogenated alkanes) is 1. The van der Waals surface area contributed by atoms with Gasteiger partial charge >= 0.3 is 0 Å². The number of sulfonamides is 4. The number of hydrogen-bond donors (Lipinski definition) is 0. The van der Waals surface area contributed by atoms with Gasteiger partial charge in [-0.05, 0) is 177 Å². The summed E-state index contributed by atoms with van der Waals surface area (Å²) in [7, 11) is -15.7. The van der Waals surface area contributed by atoms with E-state index in [1.807, 2.05) is 145 Å². The van der Waals surface area contributed by atoms with Gasteiger partial charge in [-0.2, -0.15) is 17.2 Å². The third kappa shape index (κ3) is 12.0. The molecule has 12 nitrogen and oxygen atoms in total.